The van der Waals surface area contributed by atoms with Crippen LogP contribution in [0.3, 0.4) is 0 Å². The number of rotatable bonds is 6. The van der Waals surface area contributed by atoms with Crippen molar-refractivity contribution in [1.29, 1.82) is 0 Å². The highest BCUT2D eigenvalue weighted by molar-refractivity contribution is 6.03. The van der Waals surface area contributed by atoms with Gasteiger partial charge in [0.25, 0.3) is 5.91 Å². The number of nitrogens with zero attached hydrogens (tertiary/aromatic N) is 3. The van der Waals surface area contributed by atoms with Gasteiger partial charge in [-0.1, -0.05) is 29.4 Å². The summed E-state index contributed by atoms with van der Waals surface area (Å²) >= 11 is 0. The number of aryl methyl sites for hydroxylation is 1. The van der Waals surface area contributed by atoms with Gasteiger partial charge in [-0.2, -0.15) is 5.10 Å². The molecule has 8 heteroatoms. The van der Waals surface area contributed by atoms with Gasteiger partial charge < -0.3 is 14.6 Å². The lowest BCUT2D eigenvalue weighted by molar-refractivity contribution is 0.101. The first-order valence-electron chi connectivity index (χ1n) is 9.65. The predicted octanol–water partition coefficient (Wildman–Crippen LogP) is 4.60. The first-order valence-corrected chi connectivity index (χ1v) is 9.65. The van der Waals surface area contributed by atoms with E-state index >= 15 is 0 Å². The lowest BCUT2D eigenvalue weighted by Gasteiger charge is -2.06. The Labute approximate surface area is 178 Å². The van der Waals surface area contributed by atoms with Gasteiger partial charge >= 0.3 is 0 Å². The van der Waals surface area contributed by atoms with Crippen LogP contribution in [0.1, 0.15) is 27.4 Å². The number of halogens is 1. The molecule has 4 rings (SSSR count). The molecular weight excluding hydrogens is 399 g/mol. The van der Waals surface area contributed by atoms with Crippen molar-refractivity contribution < 1.29 is 18.4 Å². The molecule has 31 heavy (non-hydrogen) atoms. The Kier molecular flexibility index (Phi) is 5.53. The fourth-order valence-corrected chi connectivity index (χ4v) is 3.27. The average molecular weight is 420 g/mol. The van der Waals surface area contributed by atoms with Crippen molar-refractivity contribution in [2.45, 2.75) is 20.4 Å². The summed E-state index contributed by atoms with van der Waals surface area (Å²) in [5.41, 5.74) is 3.88. The topological polar surface area (TPSA) is 82.2 Å². The Morgan fingerprint density at radius 2 is 1.94 bits per heavy atom. The number of methoxy groups -OCH3 is 1. The van der Waals surface area contributed by atoms with Gasteiger partial charge in [-0.05, 0) is 43.7 Å². The highest BCUT2D eigenvalue weighted by Gasteiger charge is 2.19. The average Bonchev–Trinajstić information content (AvgIpc) is 3.37. The Morgan fingerprint density at radius 3 is 2.68 bits per heavy atom. The molecule has 2 aromatic heterocycles. The third-order valence-corrected chi connectivity index (χ3v) is 4.96. The maximum absolute atomic E-state index is 13.1. The molecule has 1 amide bonds. The van der Waals surface area contributed by atoms with E-state index in [0.717, 1.165) is 16.8 Å². The zero-order chi connectivity index (χ0) is 22.0. The molecule has 2 aromatic carbocycles. The Hall–Kier alpha value is -3.94. The number of ether oxygens (including phenoxy) is 1. The molecule has 0 bridgehead atoms. The van der Waals surface area contributed by atoms with Crippen molar-refractivity contribution >= 4 is 11.6 Å². The smallest absolute Gasteiger partial charge is 0.277 e. The second kappa shape index (κ2) is 8.43. The van der Waals surface area contributed by atoms with Crippen LogP contribution in [0, 0.1) is 19.7 Å². The molecule has 0 atom stereocenters. The molecular formula is C23H21FN4O3. The number of carbonyl (C=O) groups excluding carboxylic acids is 1. The third-order valence-electron chi connectivity index (χ3n) is 4.96. The lowest BCUT2D eigenvalue weighted by atomic mass is 10.1. The monoisotopic (exact) mass is 420 g/mol. The van der Waals surface area contributed by atoms with Crippen molar-refractivity contribution in [3.05, 3.63) is 83.1 Å². The van der Waals surface area contributed by atoms with E-state index in [0.29, 0.717) is 29.4 Å². The van der Waals surface area contributed by atoms with E-state index in [9.17, 15) is 9.18 Å². The molecule has 1 N–H and O–H groups in total. The Balaban J connectivity index is 1.52. The summed E-state index contributed by atoms with van der Waals surface area (Å²) in [6.07, 6.45) is 0. The minimum Gasteiger partial charge on any atom is -0.497 e. The molecule has 2 heterocycles. The third kappa shape index (κ3) is 4.32. The molecule has 0 spiro atoms. The zero-order valence-electron chi connectivity index (χ0n) is 17.3. The van der Waals surface area contributed by atoms with Crippen LogP contribution in [0.15, 0.2) is 59.1 Å². The van der Waals surface area contributed by atoms with Crippen molar-refractivity contribution in [3.63, 3.8) is 0 Å². The largest absolute Gasteiger partial charge is 0.497 e. The van der Waals surface area contributed by atoms with E-state index in [1.54, 1.807) is 36.1 Å². The first kappa shape index (κ1) is 20.3. The summed E-state index contributed by atoms with van der Waals surface area (Å²) in [6.45, 7) is 4.14. The molecule has 4 aromatic rings. The molecule has 0 fully saturated rings. The Bertz CT molecular complexity index is 1230. The van der Waals surface area contributed by atoms with E-state index in [4.69, 9.17) is 9.26 Å². The van der Waals surface area contributed by atoms with Crippen LogP contribution >= 0.6 is 0 Å². The van der Waals surface area contributed by atoms with Crippen LogP contribution in [0.2, 0.25) is 0 Å². The second-order valence-electron chi connectivity index (χ2n) is 7.09. The fourth-order valence-electron chi connectivity index (χ4n) is 3.27. The van der Waals surface area contributed by atoms with Crippen LogP contribution < -0.4 is 10.1 Å². The molecule has 0 radical (unpaired) electrons. The van der Waals surface area contributed by atoms with Gasteiger partial charge in [-0.25, -0.2) is 4.39 Å². The number of amides is 1. The van der Waals surface area contributed by atoms with Crippen molar-refractivity contribution in [2.24, 2.45) is 0 Å². The van der Waals surface area contributed by atoms with E-state index in [1.165, 1.54) is 12.1 Å². The Morgan fingerprint density at radius 1 is 1.16 bits per heavy atom. The van der Waals surface area contributed by atoms with Crippen LogP contribution in [-0.4, -0.2) is 28.0 Å². The molecule has 0 aliphatic carbocycles. The molecule has 0 aliphatic rings. The van der Waals surface area contributed by atoms with E-state index < -0.39 is 5.91 Å². The first-order chi connectivity index (χ1) is 14.9. The number of anilines is 1. The maximum atomic E-state index is 13.1. The van der Waals surface area contributed by atoms with Crippen LogP contribution in [0.5, 0.6) is 5.75 Å². The van der Waals surface area contributed by atoms with Crippen LogP contribution in [0.4, 0.5) is 10.1 Å². The minimum absolute atomic E-state index is 0.155. The minimum atomic E-state index is -0.398. The maximum Gasteiger partial charge on any atom is 0.277 e. The molecule has 0 saturated heterocycles. The van der Waals surface area contributed by atoms with Gasteiger partial charge in [0, 0.05) is 11.6 Å². The summed E-state index contributed by atoms with van der Waals surface area (Å²) in [5, 5.41) is 11.3. The molecule has 0 saturated carbocycles. The molecule has 7 nitrogen and oxygen atoms in total. The summed E-state index contributed by atoms with van der Waals surface area (Å²) in [6, 6.07) is 15.1. The van der Waals surface area contributed by atoms with Gasteiger partial charge in [0.2, 0.25) is 0 Å². The molecule has 0 aliphatic heterocycles. The van der Waals surface area contributed by atoms with Gasteiger partial charge in [0.15, 0.2) is 11.5 Å². The van der Waals surface area contributed by atoms with Gasteiger partial charge in [0.05, 0.1) is 30.7 Å². The summed E-state index contributed by atoms with van der Waals surface area (Å²) in [4.78, 5) is 12.8. The number of hydrogen-bond acceptors (Lipinski definition) is 5. The second-order valence-corrected chi connectivity index (χ2v) is 7.09. The zero-order valence-corrected chi connectivity index (χ0v) is 17.3. The number of nitrogens with one attached hydrogen (secondary N) is 1. The van der Waals surface area contributed by atoms with Crippen molar-refractivity contribution in [3.8, 4) is 17.1 Å². The van der Waals surface area contributed by atoms with Crippen LogP contribution in [0.25, 0.3) is 11.3 Å². The van der Waals surface area contributed by atoms with Crippen molar-refractivity contribution in [2.75, 3.05) is 12.4 Å². The fraction of sp³-hybridized carbons (Fsp3) is 0.174. The molecule has 158 valence electrons. The normalized spacial score (nSPS) is 10.8. The highest BCUT2D eigenvalue weighted by Crippen LogP contribution is 2.26. The van der Waals surface area contributed by atoms with Gasteiger partial charge in [-0.3, -0.25) is 9.48 Å². The number of benzene rings is 2. The number of carbonyl (C=O) groups is 1. The van der Waals surface area contributed by atoms with Crippen molar-refractivity contribution in [1.82, 2.24) is 14.9 Å². The lowest BCUT2D eigenvalue weighted by Crippen LogP contribution is -2.13. The SMILES string of the molecule is COc1cccc(-c2cc(C(=O)Nc3c(C)nn(Cc4ccc(F)cc4)c3C)no2)c1. The van der Waals surface area contributed by atoms with E-state index in [1.807, 2.05) is 32.0 Å². The predicted molar refractivity (Wildman–Crippen MR) is 114 cm³/mol. The standard InChI is InChI=1S/C23H21FN4O3/c1-14-22(15(2)28(26-14)13-16-7-9-18(24)10-8-16)25-23(29)20-12-21(31-27-20)17-5-4-6-19(11-17)30-3/h4-12H,13H2,1-3H3,(H,25,29). The van der Waals surface area contributed by atoms with Crippen LogP contribution in [-0.2, 0) is 6.54 Å². The summed E-state index contributed by atoms with van der Waals surface area (Å²) < 4.78 is 25.5. The summed E-state index contributed by atoms with van der Waals surface area (Å²) in [5.74, 6) is 0.459. The number of hydrogen-bond donors (Lipinski definition) is 1. The van der Waals surface area contributed by atoms with Gasteiger partial charge in [0.1, 0.15) is 11.6 Å². The summed E-state index contributed by atoms with van der Waals surface area (Å²) in [7, 11) is 1.58. The van der Waals surface area contributed by atoms with E-state index in [2.05, 4.69) is 15.6 Å². The molecule has 0 unspecified atom stereocenters. The van der Waals surface area contributed by atoms with E-state index in [-0.39, 0.29) is 11.5 Å². The highest BCUT2D eigenvalue weighted by atomic mass is 19.1. The number of aromatic nitrogens is 3. The van der Waals surface area contributed by atoms with Gasteiger partial charge in [-0.15, -0.1) is 0 Å². The quantitative estimate of drug-likeness (QED) is 0.493.